The number of benzene rings is 1. The molecular formula is C13H15ClN2O3. The number of ether oxygens (including phenoxy) is 1. The molecule has 0 aliphatic heterocycles. The van der Waals surface area contributed by atoms with Gasteiger partial charge in [0.2, 0.25) is 0 Å². The maximum Gasteiger partial charge on any atom is 0.319 e. The van der Waals surface area contributed by atoms with Gasteiger partial charge in [-0.25, -0.2) is 0 Å². The Morgan fingerprint density at radius 1 is 1.58 bits per heavy atom. The molecular weight excluding hydrogens is 268 g/mol. The van der Waals surface area contributed by atoms with Crippen molar-refractivity contribution < 1.29 is 14.6 Å². The number of aliphatic hydroxyl groups is 1. The average molecular weight is 283 g/mol. The molecule has 19 heavy (non-hydrogen) atoms. The second-order valence-electron chi connectivity index (χ2n) is 3.94. The highest BCUT2D eigenvalue weighted by Gasteiger charge is 2.18. The standard InChI is InChI=1S/C13H15ClN2O3/c1-19-13(18)9-16(7-6-15)8-12(17)10-4-2-3-5-11(10)14/h2-5,12,17H,7-9H2,1H3. The summed E-state index contributed by atoms with van der Waals surface area (Å²) >= 11 is 5.98. The van der Waals surface area contributed by atoms with Crippen LogP contribution in [-0.2, 0) is 9.53 Å². The molecule has 1 unspecified atom stereocenters. The third-order valence-electron chi connectivity index (χ3n) is 2.57. The molecule has 6 heteroatoms. The maximum atomic E-state index is 11.2. The molecule has 0 radical (unpaired) electrons. The lowest BCUT2D eigenvalue weighted by molar-refractivity contribution is -0.142. The minimum Gasteiger partial charge on any atom is -0.468 e. The number of carbonyl (C=O) groups is 1. The zero-order valence-electron chi connectivity index (χ0n) is 10.5. The van der Waals surface area contributed by atoms with Crippen LogP contribution in [-0.4, -0.2) is 42.7 Å². The van der Waals surface area contributed by atoms with Gasteiger partial charge in [-0.3, -0.25) is 9.69 Å². The molecule has 0 aromatic heterocycles. The summed E-state index contributed by atoms with van der Waals surface area (Å²) < 4.78 is 4.54. The van der Waals surface area contributed by atoms with Crippen molar-refractivity contribution in [3.63, 3.8) is 0 Å². The highest BCUT2D eigenvalue weighted by Crippen LogP contribution is 2.23. The Hall–Kier alpha value is -1.61. The van der Waals surface area contributed by atoms with Crippen molar-refractivity contribution in [2.24, 2.45) is 0 Å². The Morgan fingerprint density at radius 3 is 2.84 bits per heavy atom. The van der Waals surface area contributed by atoms with E-state index in [-0.39, 0.29) is 19.6 Å². The van der Waals surface area contributed by atoms with Crippen molar-refractivity contribution in [3.8, 4) is 6.07 Å². The summed E-state index contributed by atoms with van der Waals surface area (Å²) in [6.45, 7) is 0.106. The van der Waals surface area contributed by atoms with E-state index in [1.165, 1.54) is 12.0 Å². The fourth-order valence-corrected chi connectivity index (χ4v) is 1.88. The van der Waals surface area contributed by atoms with Crippen molar-refractivity contribution >= 4 is 17.6 Å². The third-order valence-corrected chi connectivity index (χ3v) is 2.91. The first kappa shape index (κ1) is 15.4. The first-order valence-corrected chi connectivity index (χ1v) is 6.05. The Morgan fingerprint density at radius 2 is 2.26 bits per heavy atom. The number of carbonyl (C=O) groups excluding carboxylic acids is 1. The smallest absolute Gasteiger partial charge is 0.319 e. The predicted octanol–water partition coefficient (Wildman–Crippen LogP) is 1.37. The highest BCUT2D eigenvalue weighted by atomic mass is 35.5. The number of nitriles is 1. The first-order chi connectivity index (χ1) is 9.08. The number of hydrogen-bond acceptors (Lipinski definition) is 5. The molecule has 1 atom stereocenters. The fraction of sp³-hybridized carbons (Fsp3) is 0.385. The van der Waals surface area contributed by atoms with E-state index in [0.29, 0.717) is 10.6 Å². The summed E-state index contributed by atoms with van der Waals surface area (Å²) in [4.78, 5) is 12.7. The second-order valence-corrected chi connectivity index (χ2v) is 4.35. The van der Waals surface area contributed by atoms with Gasteiger partial charge < -0.3 is 9.84 Å². The molecule has 1 rings (SSSR count). The number of aliphatic hydroxyl groups excluding tert-OH is 1. The molecule has 1 aromatic rings. The molecule has 0 bridgehead atoms. The minimum absolute atomic E-state index is 0.0244. The molecule has 1 aromatic carbocycles. The number of halogens is 1. The molecule has 0 heterocycles. The van der Waals surface area contributed by atoms with Crippen LogP contribution in [0.2, 0.25) is 5.02 Å². The van der Waals surface area contributed by atoms with E-state index in [0.717, 1.165) is 0 Å². The van der Waals surface area contributed by atoms with Gasteiger partial charge in [0.15, 0.2) is 0 Å². The molecule has 0 saturated heterocycles. The molecule has 0 saturated carbocycles. The fourth-order valence-electron chi connectivity index (χ4n) is 1.62. The molecule has 102 valence electrons. The van der Waals surface area contributed by atoms with E-state index in [4.69, 9.17) is 16.9 Å². The van der Waals surface area contributed by atoms with Gasteiger partial charge in [-0.15, -0.1) is 0 Å². The van der Waals surface area contributed by atoms with Gasteiger partial charge in [0.1, 0.15) is 0 Å². The van der Waals surface area contributed by atoms with Crippen LogP contribution in [0, 0.1) is 11.3 Å². The Balaban J connectivity index is 2.71. The summed E-state index contributed by atoms with van der Waals surface area (Å²) in [6.07, 6.45) is -0.869. The summed E-state index contributed by atoms with van der Waals surface area (Å²) in [5.74, 6) is -0.457. The van der Waals surface area contributed by atoms with Gasteiger partial charge in [0.05, 0.1) is 32.4 Å². The molecule has 0 spiro atoms. The molecule has 5 nitrogen and oxygen atoms in total. The topological polar surface area (TPSA) is 73.6 Å². The first-order valence-electron chi connectivity index (χ1n) is 5.67. The van der Waals surface area contributed by atoms with E-state index in [1.54, 1.807) is 24.3 Å². The largest absolute Gasteiger partial charge is 0.468 e. The summed E-state index contributed by atoms with van der Waals surface area (Å²) in [6, 6.07) is 8.85. The van der Waals surface area contributed by atoms with E-state index in [9.17, 15) is 9.90 Å². The van der Waals surface area contributed by atoms with E-state index in [1.807, 2.05) is 6.07 Å². The number of nitrogens with zero attached hydrogens (tertiary/aromatic N) is 2. The van der Waals surface area contributed by atoms with Gasteiger partial charge in [0, 0.05) is 17.1 Å². The van der Waals surface area contributed by atoms with Crippen molar-refractivity contribution in [1.82, 2.24) is 4.90 Å². The van der Waals surface area contributed by atoms with Gasteiger partial charge >= 0.3 is 5.97 Å². The van der Waals surface area contributed by atoms with Crippen LogP contribution in [0.1, 0.15) is 11.7 Å². The quantitative estimate of drug-likeness (QED) is 0.630. The van der Waals surface area contributed by atoms with E-state index in [2.05, 4.69) is 4.74 Å². The van der Waals surface area contributed by atoms with Gasteiger partial charge in [-0.1, -0.05) is 29.8 Å². The van der Waals surface area contributed by atoms with E-state index >= 15 is 0 Å². The number of hydrogen-bond donors (Lipinski definition) is 1. The average Bonchev–Trinajstić information content (AvgIpc) is 2.39. The molecule has 0 amide bonds. The number of methoxy groups -OCH3 is 1. The normalized spacial score (nSPS) is 11.9. The van der Waals surface area contributed by atoms with Crippen molar-refractivity contribution in [2.75, 3.05) is 26.7 Å². The van der Waals surface area contributed by atoms with Crippen LogP contribution in [0.15, 0.2) is 24.3 Å². The molecule has 0 aliphatic carbocycles. The maximum absolute atomic E-state index is 11.2. The second kappa shape index (κ2) is 7.74. The summed E-state index contributed by atoms with van der Waals surface area (Å²) in [5, 5.41) is 19.3. The SMILES string of the molecule is COC(=O)CN(CC#N)CC(O)c1ccccc1Cl. The third kappa shape index (κ3) is 4.87. The predicted molar refractivity (Wildman–Crippen MR) is 70.5 cm³/mol. The number of rotatable bonds is 6. The monoisotopic (exact) mass is 282 g/mol. The van der Waals surface area contributed by atoms with Crippen LogP contribution in [0.25, 0.3) is 0 Å². The lowest BCUT2D eigenvalue weighted by Gasteiger charge is -2.22. The number of esters is 1. The Kier molecular flexibility index (Phi) is 6.30. The van der Waals surface area contributed by atoms with Gasteiger partial charge in [-0.2, -0.15) is 5.26 Å². The van der Waals surface area contributed by atoms with Crippen LogP contribution in [0.3, 0.4) is 0 Å². The minimum atomic E-state index is -0.869. The Bertz CT molecular complexity index is 473. The van der Waals surface area contributed by atoms with Gasteiger partial charge in [0.25, 0.3) is 0 Å². The van der Waals surface area contributed by atoms with Crippen molar-refractivity contribution in [2.45, 2.75) is 6.10 Å². The zero-order chi connectivity index (χ0) is 14.3. The van der Waals surface area contributed by atoms with Gasteiger partial charge in [-0.05, 0) is 6.07 Å². The van der Waals surface area contributed by atoms with Crippen molar-refractivity contribution in [3.05, 3.63) is 34.9 Å². The Labute approximate surface area is 117 Å². The lowest BCUT2D eigenvalue weighted by Crippen LogP contribution is -2.34. The zero-order valence-corrected chi connectivity index (χ0v) is 11.3. The molecule has 0 fully saturated rings. The van der Waals surface area contributed by atoms with Crippen LogP contribution < -0.4 is 0 Å². The van der Waals surface area contributed by atoms with E-state index < -0.39 is 12.1 Å². The lowest BCUT2D eigenvalue weighted by atomic mass is 10.1. The highest BCUT2D eigenvalue weighted by molar-refractivity contribution is 6.31. The van der Waals surface area contributed by atoms with Crippen LogP contribution in [0.5, 0.6) is 0 Å². The van der Waals surface area contributed by atoms with Crippen molar-refractivity contribution in [1.29, 1.82) is 5.26 Å². The summed E-state index contributed by atoms with van der Waals surface area (Å²) in [7, 11) is 1.28. The molecule has 1 N–H and O–H groups in total. The van der Waals surface area contributed by atoms with Crippen LogP contribution in [0.4, 0.5) is 0 Å². The molecule has 0 aliphatic rings. The summed E-state index contributed by atoms with van der Waals surface area (Å²) in [5.41, 5.74) is 0.567. The van der Waals surface area contributed by atoms with Crippen LogP contribution >= 0.6 is 11.6 Å².